The van der Waals surface area contributed by atoms with Gasteiger partial charge in [-0.1, -0.05) is 60.7 Å². The predicted molar refractivity (Wildman–Crippen MR) is 387 cm³/mol. The number of benzene rings is 6. The summed E-state index contributed by atoms with van der Waals surface area (Å²) < 4.78 is 23.2. The van der Waals surface area contributed by atoms with Crippen molar-refractivity contribution in [3.8, 4) is 11.5 Å². The predicted octanol–water partition coefficient (Wildman–Crippen LogP) is 13.0. The zero-order valence-corrected chi connectivity index (χ0v) is 58.9. The lowest BCUT2D eigenvalue weighted by atomic mass is 10.0. The van der Waals surface area contributed by atoms with Gasteiger partial charge in [0.2, 0.25) is 11.9 Å². The molecular weight excluding hydrogens is 1520 g/mol. The molecule has 0 atom stereocenters. The molecule has 0 saturated carbocycles. The maximum atomic E-state index is 13.0. The molecule has 2 aliphatic heterocycles. The standard InChI is InChI=1S/C27H30N6O2.C14H19IN2O.C13H12N4O.C9H9IO2.C7H5IO2/c1-31-17-14-23(15-18-31)32(2)26(34)21-10-12-22(13-11-21)28-27-29-25-24(9-6-16-33(25)30-27)35-19-20-7-4-3-5-8-20;1-16-9-7-13(8-10-16)17(2)14(18)11-3-5-12(15)6-4-11;14-13-15-12-11(7-4-8-17(12)16-13)18-9-10-5-2-1-3-6-10;1-2-12-9(11)7-3-5-8(10)6-4-7;8-6-3-1-5(2-4-6)7(9)10/h3-13,16,23H,14-15,17-19H2,1-2H3,(H,28,30);3-6,13H,7-10H2,1-2H3;1-8H,9H2,(H2,14,16);3-6H,2H2,1H3;1-4H,(H,9,10). The van der Waals surface area contributed by atoms with E-state index in [0.29, 0.717) is 71.3 Å². The van der Waals surface area contributed by atoms with Gasteiger partial charge in [0.1, 0.15) is 13.2 Å². The first kappa shape index (κ1) is 70.6. The second-order valence-electron chi connectivity index (χ2n) is 21.9. The SMILES string of the molecule is CCOC(=O)c1ccc(I)cc1.CN1CCC(N(C)C(=O)c2ccc(I)cc2)CC1.CN1CCC(N(C)C(=O)c2ccc(Nc3nc4c(OCc5ccccc5)cccn4n3)cc2)CC1.Nc1nc2c(OCc3ccccc3)cccn2n1.O=C(O)c1ccc(I)cc1. The zero-order valence-electron chi connectivity index (χ0n) is 52.4. The summed E-state index contributed by atoms with van der Waals surface area (Å²) in [6.07, 6.45) is 7.79. The van der Waals surface area contributed by atoms with Crippen molar-refractivity contribution in [1.82, 2.24) is 48.8 Å². The van der Waals surface area contributed by atoms with Gasteiger partial charge in [-0.15, -0.1) is 10.2 Å². The summed E-state index contributed by atoms with van der Waals surface area (Å²) in [6.45, 7) is 7.37. The van der Waals surface area contributed by atoms with Gasteiger partial charge in [0.05, 0.1) is 17.7 Å². The number of carboxylic acid groups (broad SMARTS) is 1. The maximum absolute atomic E-state index is 13.0. The lowest BCUT2D eigenvalue weighted by Gasteiger charge is -2.35. The average molecular weight is 1590 g/mol. The fourth-order valence-electron chi connectivity index (χ4n) is 9.84. The van der Waals surface area contributed by atoms with E-state index in [0.717, 1.165) is 85.0 Å². The van der Waals surface area contributed by atoms with E-state index in [1.807, 2.05) is 176 Å². The zero-order chi connectivity index (χ0) is 66.2. The van der Waals surface area contributed by atoms with Gasteiger partial charge in [-0.2, -0.15) is 9.97 Å². The van der Waals surface area contributed by atoms with Crippen molar-refractivity contribution < 1.29 is 38.5 Å². The normalized spacial score (nSPS) is 13.2. The monoisotopic (exact) mass is 1590 g/mol. The number of aromatic nitrogens is 6. The molecule has 2 aliphatic rings. The molecule has 2 amide bonds. The number of aromatic carboxylic acids is 1. The van der Waals surface area contributed by atoms with E-state index in [9.17, 15) is 19.2 Å². The van der Waals surface area contributed by atoms with Crippen LogP contribution in [0.5, 0.6) is 11.5 Å². The van der Waals surface area contributed by atoms with Gasteiger partial charge in [-0.3, -0.25) is 9.59 Å². The van der Waals surface area contributed by atoms with Gasteiger partial charge < -0.3 is 50.0 Å². The van der Waals surface area contributed by atoms with Crippen molar-refractivity contribution in [2.24, 2.45) is 0 Å². The highest BCUT2D eigenvalue weighted by atomic mass is 127. The second kappa shape index (κ2) is 35.7. The average Bonchev–Trinajstić information content (AvgIpc) is 1.97. The highest BCUT2D eigenvalue weighted by Gasteiger charge is 2.26. The fraction of sp³-hybridized carbons (Fsp3) is 0.257. The summed E-state index contributed by atoms with van der Waals surface area (Å²) in [6, 6.07) is 57.4. The van der Waals surface area contributed by atoms with E-state index in [-0.39, 0.29) is 29.8 Å². The molecule has 484 valence electrons. The number of nitrogens with one attached hydrogen (secondary N) is 1. The first-order chi connectivity index (χ1) is 44.9. The van der Waals surface area contributed by atoms with Crippen LogP contribution >= 0.6 is 67.8 Å². The van der Waals surface area contributed by atoms with E-state index >= 15 is 0 Å². The largest absolute Gasteiger partial charge is 0.485 e. The number of hydrogen-bond donors (Lipinski definition) is 3. The van der Waals surface area contributed by atoms with Gasteiger partial charge in [0.15, 0.2) is 22.8 Å². The van der Waals surface area contributed by atoms with Crippen LogP contribution in [0.4, 0.5) is 17.6 Å². The Morgan fingerprint density at radius 2 is 0.935 bits per heavy atom. The highest BCUT2D eigenvalue weighted by molar-refractivity contribution is 14.1. The smallest absolute Gasteiger partial charge is 0.338 e. The van der Waals surface area contributed by atoms with E-state index in [1.54, 1.807) is 58.5 Å². The van der Waals surface area contributed by atoms with Crippen LogP contribution in [0.2, 0.25) is 0 Å². The number of ether oxygens (including phenoxy) is 3. The van der Waals surface area contributed by atoms with Crippen LogP contribution in [-0.2, 0) is 18.0 Å². The third kappa shape index (κ3) is 21.7. The molecule has 2 saturated heterocycles. The Balaban J connectivity index is 0.000000162. The minimum atomic E-state index is -0.878. The number of anilines is 3. The molecule has 10 aromatic rings. The highest BCUT2D eigenvalue weighted by Crippen LogP contribution is 2.25. The van der Waals surface area contributed by atoms with Gasteiger partial charge >= 0.3 is 11.9 Å². The van der Waals surface area contributed by atoms with Crippen LogP contribution in [0.25, 0.3) is 11.3 Å². The Morgan fingerprint density at radius 1 is 0.538 bits per heavy atom. The van der Waals surface area contributed by atoms with Gasteiger partial charge in [-0.25, -0.2) is 18.6 Å². The third-order valence-electron chi connectivity index (χ3n) is 15.2. The number of esters is 1. The lowest BCUT2D eigenvalue weighted by molar-refractivity contribution is 0.0525. The Morgan fingerprint density at radius 3 is 1.37 bits per heavy atom. The van der Waals surface area contributed by atoms with Gasteiger partial charge in [-0.05, 0) is 273 Å². The number of nitrogens with two attached hydrogens (primary N) is 1. The van der Waals surface area contributed by atoms with Crippen molar-refractivity contribution in [2.45, 2.75) is 57.9 Å². The quantitative estimate of drug-likeness (QED) is 0.0640. The Bertz CT molecular complexity index is 3980. The third-order valence-corrected chi connectivity index (χ3v) is 17.3. The number of pyridine rings is 2. The number of likely N-dealkylation sites (tertiary alicyclic amines) is 2. The number of carbonyl (C=O) groups excluding carboxylic acids is 3. The number of hydrogen-bond acceptors (Lipinski definition) is 15. The van der Waals surface area contributed by atoms with E-state index < -0.39 is 5.97 Å². The molecule has 0 aliphatic carbocycles. The number of nitrogens with zero attached hydrogens (tertiary/aromatic N) is 10. The van der Waals surface area contributed by atoms with Crippen LogP contribution in [0.15, 0.2) is 194 Å². The van der Waals surface area contributed by atoms with Crippen LogP contribution < -0.4 is 20.5 Å². The van der Waals surface area contributed by atoms with Crippen LogP contribution in [0.3, 0.4) is 0 Å². The number of piperidine rings is 2. The summed E-state index contributed by atoms with van der Waals surface area (Å²) in [7, 11) is 8.09. The molecule has 6 aromatic carbocycles. The molecule has 0 bridgehead atoms. The summed E-state index contributed by atoms with van der Waals surface area (Å²) in [5, 5.41) is 20.2. The number of halogens is 3. The number of carbonyl (C=O) groups is 4. The molecule has 6 heterocycles. The summed E-state index contributed by atoms with van der Waals surface area (Å²) in [5.41, 5.74) is 12.2. The Labute approximate surface area is 582 Å². The molecule has 12 rings (SSSR count). The molecule has 20 nitrogen and oxygen atoms in total. The Kier molecular flexibility index (Phi) is 27.1. The topological polar surface area (TPSA) is 228 Å². The Hall–Kier alpha value is -8.25. The minimum absolute atomic E-state index is 0.0529. The summed E-state index contributed by atoms with van der Waals surface area (Å²) in [4.78, 5) is 63.9. The molecule has 93 heavy (non-hydrogen) atoms. The summed E-state index contributed by atoms with van der Waals surface area (Å²) in [5.74, 6) is 1.10. The van der Waals surface area contributed by atoms with Crippen molar-refractivity contribution in [3.05, 3.63) is 238 Å². The first-order valence-corrected chi connectivity index (χ1v) is 33.4. The summed E-state index contributed by atoms with van der Waals surface area (Å²) >= 11 is 6.57. The molecular formula is C70H75I3N12O8. The number of fused-ring (bicyclic) bond motifs is 2. The molecule has 23 heteroatoms. The molecule has 4 N–H and O–H groups in total. The maximum Gasteiger partial charge on any atom is 0.338 e. The van der Waals surface area contributed by atoms with Crippen molar-refractivity contribution in [2.75, 3.05) is 72.0 Å². The van der Waals surface area contributed by atoms with E-state index in [1.165, 1.54) is 0 Å². The van der Waals surface area contributed by atoms with Crippen LogP contribution in [-0.4, -0.2) is 151 Å². The van der Waals surface area contributed by atoms with Crippen LogP contribution in [0, 0.1) is 10.7 Å². The lowest BCUT2D eigenvalue weighted by Crippen LogP contribution is -2.44. The van der Waals surface area contributed by atoms with Crippen molar-refractivity contribution in [3.63, 3.8) is 0 Å². The molecule has 2 fully saturated rings. The minimum Gasteiger partial charge on any atom is -0.485 e. The van der Waals surface area contributed by atoms with Crippen molar-refractivity contribution in [1.29, 1.82) is 0 Å². The molecule has 0 spiro atoms. The fourth-order valence-corrected chi connectivity index (χ4v) is 10.9. The van der Waals surface area contributed by atoms with E-state index in [4.69, 9.17) is 25.1 Å². The van der Waals surface area contributed by atoms with E-state index in [2.05, 4.69) is 117 Å². The number of rotatable bonds is 15. The number of nitrogen functional groups attached to an aromatic ring is 1. The van der Waals surface area contributed by atoms with Gasteiger partial charge in [0.25, 0.3) is 11.8 Å². The second-order valence-corrected chi connectivity index (χ2v) is 25.6. The number of amides is 2. The van der Waals surface area contributed by atoms with Crippen molar-refractivity contribution >= 4 is 120 Å². The molecule has 4 aromatic heterocycles. The number of carboxylic acids is 1. The molecule has 0 radical (unpaired) electrons. The first-order valence-electron chi connectivity index (χ1n) is 30.2. The van der Waals surface area contributed by atoms with Gasteiger partial charge in [0, 0.05) is 66.1 Å². The molecule has 0 unspecified atom stereocenters. The van der Waals surface area contributed by atoms with Crippen LogP contribution in [0.1, 0.15) is 85.2 Å².